The van der Waals surface area contributed by atoms with Crippen molar-refractivity contribution in [2.24, 2.45) is 5.73 Å². The van der Waals surface area contributed by atoms with Gasteiger partial charge in [0, 0.05) is 42.4 Å². The van der Waals surface area contributed by atoms with E-state index in [2.05, 4.69) is 4.98 Å². The van der Waals surface area contributed by atoms with E-state index in [1.54, 1.807) is 18.3 Å². The SMILES string of the molecule is Cc1cc(N(C)c2ccc(F)cc2)c(CN)cn1. The van der Waals surface area contributed by atoms with Crippen LogP contribution in [-0.4, -0.2) is 12.0 Å². The van der Waals surface area contributed by atoms with Crippen LogP contribution >= 0.6 is 0 Å². The van der Waals surface area contributed by atoms with Gasteiger partial charge in [-0.25, -0.2) is 4.39 Å². The van der Waals surface area contributed by atoms with Gasteiger partial charge < -0.3 is 10.6 Å². The molecule has 1 heterocycles. The second-order valence-electron chi connectivity index (χ2n) is 4.19. The first-order valence-corrected chi connectivity index (χ1v) is 5.76. The van der Waals surface area contributed by atoms with Crippen LogP contribution in [0.4, 0.5) is 15.8 Å². The van der Waals surface area contributed by atoms with Gasteiger partial charge in [-0.05, 0) is 37.3 Å². The summed E-state index contributed by atoms with van der Waals surface area (Å²) < 4.78 is 12.9. The summed E-state index contributed by atoms with van der Waals surface area (Å²) in [7, 11) is 1.93. The molecule has 2 N–H and O–H groups in total. The number of benzene rings is 1. The molecule has 0 bridgehead atoms. The van der Waals surface area contributed by atoms with Gasteiger partial charge in [-0.2, -0.15) is 0 Å². The summed E-state index contributed by atoms with van der Waals surface area (Å²) >= 11 is 0. The Balaban J connectivity index is 2.41. The van der Waals surface area contributed by atoms with Crippen molar-refractivity contribution in [3.63, 3.8) is 0 Å². The lowest BCUT2D eigenvalue weighted by Crippen LogP contribution is -2.14. The predicted molar refractivity (Wildman–Crippen MR) is 71.3 cm³/mol. The quantitative estimate of drug-likeness (QED) is 0.904. The molecule has 2 rings (SSSR count). The van der Waals surface area contributed by atoms with Gasteiger partial charge in [0.1, 0.15) is 5.82 Å². The lowest BCUT2D eigenvalue weighted by atomic mass is 10.1. The molecule has 0 amide bonds. The van der Waals surface area contributed by atoms with E-state index in [-0.39, 0.29) is 5.82 Å². The van der Waals surface area contributed by atoms with Crippen LogP contribution in [0.5, 0.6) is 0 Å². The fourth-order valence-corrected chi connectivity index (χ4v) is 1.85. The van der Waals surface area contributed by atoms with Gasteiger partial charge in [-0.1, -0.05) is 0 Å². The van der Waals surface area contributed by atoms with E-state index in [4.69, 9.17) is 5.73 Å². The van der Waals surface area contributed by atoms with Crippen LogP contribution in [0.2, 0.25) is 0 Å². The maximum atomic E-state index is 12.9. The lowest BCUT2D eigenvalue weighted by molar-refractivity contribution is 0.628. The van der Waals surface area contributed by atoms with Crippen LogP contribution < -0.4 is 10.6 Å². The van der Waals surface area contributed by atoms with Crippen LogP contribution in [-0.2, 0) is 6.54 Å². The van der Waals surface area contributed by atoms with Crippen molar-refractivity contribution in [3.8, 4) is 0 Å². The zero-order valence-corrected chi connectivity index (χ0v) is 10.5. The minimum atomic E-state index is -0.239. The summed E-state index contributed by atoms with van der Waals surface area (Å²) in [6.07, 6.45) is 1.78. The number of hydrogen-bond acceptors (Lipinski definition) is 3. The number of nitrogens with zero attached hydrogens (tertiary/aromatic N) is 2. The third kappa shape index (κ3) is 2.49. The Morgan fingerprint density at radius 1 is 1.28 bits per heavy atom. The summed E-state index contributed by atoms with van der Waals surface area (Å²) in [4.78, 5) is 6.22. The number of hydrogen-bond donors (Lipinski definition) is 1. The second kappa shape index (κ2) is 5.14. The molecule has 0 fully saturated rings. The predicted octanol–water partition coefficient (Wildman–Crippen LogP) is 2.76. The van der Waals surface area contributed by atoms with E-state index < -0.39 is 0 Å². The second-order valence-corrected chi connectivity index (χ2v) is 4.19. The van der Waals surface area contributed by atoms with Gasteiger partial charge in [0.15, 0.2) is 0 Å². The molecule has 0 aliphatic carbocycles. The molecule has 4 heteroatoms. The molecule has 0 spiro atoms. The minimum Gasteiger partial charge on any atom is -0.344 e. The fraction of sp³-hybridized carbons (Fsp3) is 0.214. The normalized spacial score (nSPS) is 10.4. The van der Waals surface area contributed by atoms with E-state index in [1.165, 1.54) is 12.1 Å². The van der Waals surface area contributed by atoms with Crippen LogP contribution in [0.25, 0.3) is 0 Å². The van der Waals surface area contributed by atoms with E-state index >= 15 is 0 Å². The van der Waals surface area contributed by atoms with Crippen LogP contribution in [0, 0.1) is 12.7 Å². The molecule has 0 unspecified atom stereocenters. The van der Waals surface area contributed by atoms with Crippen LogP contribution in [0.15, 0.2) is 36.5 Å². The summed E-state index contributed by atoms with van der Waals surface area (Å²) in [6, 6.07) is 8.35. The van der Waals surface area contributed by atoms with Gasteiger partial charge in [-0.3, -0.25) is 4.98 Å². The maximum Gasteiger partial charge on any atom is 0.123 e. The topological polar surface area (TPSA) is 42.1 Å². The summed E-state index contributed by atoms with van der Waals surface area (Å²) in [5.74, 6) is -0.239. The molecule has 94 valence electrons. The highest BCUT2D eigenvalue weighted by Crippen LogP contribution is 2.27. The first-order chi connectivity index (χ1) is 8.61. The monoisotopic (exact) mass is 245 g/mol. The Bertz CT molecular complexity index is 537. The van der Waals surface area contributed by atoms with Crippen molar-refractivity contribution >= 4 is 11.4 Å². The molecule has 3 nitrogen and oxygen atoms in total. The molecular formula is C14H16FN3. The molecule has 0 radical (unpaired) electrons. The van der Waals surface area contributed by atoms with Crippen LogP contribution in [0.1, 0.15) is 11.3 Å². The average molecular weight is 245 g/mol. The van der Waals surface area contributed by atoms with E-state index in [0.717, 1.165) is 22.6 Å². The van der Waals surface area contributed by atoms with Crippen molar-refractivity contribution in [2.75, 3.05) is 11.9 Å². The number of halogens is 1. The van der Waals surface area contributed by atoms with Gasteiger partial charge in [0.25, 0.3) is 0 Å². The van der Waals surface area contributed by atoms with E-state index in [0.29, 0.717) is 6.54 Å². The minimum absolute atomic E-state index is 0.239. The molecule has 0 aliphatic rings. The smallest absolute Gasteiger partial charge is 0.123 e. The van der Waals surface area contributed by atoms with Crippen LogP contribution in [0.3, 0.4) is 0 Å². The molecule has 1 aromatic carbocycles. The van der Waals surface area contributed by atoms with E-state index in [9.17, 15) is 4.39 Å². The van der Waals surface area contributed by atoms with E-state index in [1.807, 2.05) is 24.9 Å². The molecule has 1 aromatic heterocycles. The Hall–Kier alpha value is -1.94. The first kappa shape index (κ1) is 12.5. The zero-order valence-electron chi connectivity index (χ0n) is 10.5. The molecule has 0 atom stereocenters. The maximum absolute atomic E-state index is 12.9. The Morgan fingerprint density at radius 2 is 1.94 bits per heavy atom. The standard InChI is InChI=1S/C14H16FN3/c1-10-7-14(11(8-16)9-17-10)18(2)13-5-3-12(15)4-6-13/h3-7,9H,8,16H2,1-2H3. The van der Waals surface area contributed by atoms with Gasteiger partial charge >= 0.3 is 0 Å². The third-order valence-corrected chi connectivity index (χ3v) is 2.89. The van der Waals surface area contributed by atoms with Crippen molar-refractivity contribution in [3.05, 3.63) is 53.6 Å². The van der Waals surface area contributed by atoms with Gasteiger partial charge in [0.2, 0.25) is 0 Å². The summed E-state index contributed by atoms with van der Waals surface area (Å²) in [5, 5.41) is 0. The molecular weight excluding hydrogens is 229 g/mol. The fourth-order valence-electron chi connectivity index (χ4n) is 1.85. The van der Waals surface area contributed by atoms with Gasteiger partial charge in [-0.15, -0.1) is 0 Å². The number of nitrogens with two attached hydrogens (primary N) is 1. The Morgan fingerprint density at radius 3 is 2.56 bits per heavy atom. The average Bonchev–Trinajstić information content (AvgIpc) is 2.39. The molecule has 2 aromatic rings. The van der Waals surface area contributed by atoms with Gasteiger partial charge in [0.05, 0.1) is 0 Å². The largest absolute Gasteiger partial charge is 0.344 e. The summed E-state index contributed by atoms with van der Waals surface area (Å²) in [6.45, 7) is 2.36. The summed E-state index contributed by atoms with van der Waals surface area (Å²) in [5.41, 5.74) is 9.52. The number of aryl methyl sites for hydroxylation is 1. The number of anilines is 2. The third-order valence-electron chi connectivity index (χ3n) is 2.89. The van der Waals surface area contributed by atoms with Crippen molar-refractivity contribution in [1.29, 1.82) is 0 Å². The highest BCUT2D eigenvalue weighted by molar-refractivity contribution is 5.65. The highest BCUT2D eigenvalue weighted by Gasteiger charge is 2.09. The molecule has 18 heavy (non-hydrogen) atoms. The van der Waals surface area contributed by atoms with Crippen molar-refractivity contribution < 1.29 is 4.39 Å². The highest BCUT2D eigenvalue weighted by atomic mass is 19.1. The Kier molecular flexibility index (Phi) is 3.58. The van der Waals surface area contributed by atoms with Crippen molar-refractivity contribution in [1.82, 2.24) is 4.98 Å². The number of pyridine rings is 1. The first-order valence-electron chi connectivity index (χ1n) is 5.76. The molecule has 0 saturated heterocycles. The number of rotatable bonds is 3. The van der Waals surface area contributed by atoms with Crippen molar-refractivity contribution in [2.45, 2.75) is 13.5 Å². The zero-order chi connectivity index (χ0) is 13.1. The lowest BCUT2D eigenvalue weighted by Gasteiger charge is -2.22. The molecule has 0 aliphatic heterocycles. The number of aromatic nitrogens is 1. The molecule has 0 saturated carbocycles. The Labute approximate surface area is 106 Å².